The van der Waals surface area contributed by atoms with Crippen molar-refractivity contribution in [1.29, 1.82) is 0 Å². The average molecular weight is 309 g/mol. The van der Waals surface area contributed by atoms with Gasteiger partial charge in [-0.3, -0.25) is 14.5 Å². The lowest BCUT2D eigenvalue weighted by Crippen LogP contribution is -2.60. The van der Waals surface area contributed by atoms with Gasteiger partial charge in [0.2, 0.25) is 11.8 Å². The van der Waals surface area contributed by atoms with Crippen molar-refractivity contribution < 1.29 is 14.4 Å². The Morgan fingerprint density at radius 2 is 2.19 bits per heavy atom. The number of nitrogens with zero attached hydrogens (tertiary/aromatic N) is 2. The third kappa shape index (κ3) is 3.41. The maximum absolute atomic E-state index is 12.2. The number of carbonyl (C=O) groups excluding carboxylic acids is 3. The monoisotopic (exact) mass is 309 g/mol. The fourth-order valence-electron chi connectivity index (χ4n) is 2.05. The van der Waals surface area contributed by atoms with E-state index in [1.54, 1.807) is 32.2 Å². The van der Waals surface area contributed by atoms with Crippen LogP contribution in [-0.2, 0) is 16.1 Å². The van der Waals surface area contributed by atoms with Crippen LogP contribution in [0.4, 0.5) is 4.79 Å². The Labute approximate surface area is 127 Å². The first-order chi connectivity index (χ1) is 9.81. The highest BCUT2D eigenvalue weighted by Crippen LogP contribution is 2.22. The summed E-state index contributed by atoms with van der Waals surface area (Å²) in [5.41, 5.74) is -0.680. The first-order valence-electron chi connectivity index (χ1n) is 6.67. The van der Waals surface area contributed by atoms with Gasteiger partial charge >= 0.3 is 6.03 Å². The molecule has 0 radical (unpaired) electrons. The lowest BCUT2D eigenvalue weighted by atomic mass is 9.90. The standard InChI is InChI=1S/C14H19N3O3S/c1-14(2)9-15-13(20)17(12(14)19)8-11(18)16(3)7-10-5-4-6-21-10/h4-6H,7-9H2,1-3H3,(H,15,20). The Bertz CT molecular complexity index is 554. The second-order valence-corrected chi connectivity index (χ2v) is 6.80. The van der Waals surface area contributed by atoms with Crippen LogP contribution in [0.25, 0.3) is 0 Å². The number of rotatable bonds is 4. The highest BCUT2D eigenvalue weighted by atomic mass is 32.1. The van der Waals surface area contributed by atoms with Gasteiger partial charge in [-0.15, -0.1) is 11.3 Å². The number of nitrogens with one attached hydrogen (secondary N) is 1. The van der Waals surface area contributed by atoms with Crippen molar-refractivity contribution in [1.82, 2.24) is 15.1 Å². The number of carbonyl (C=O) groups is 3. The van der Waals surface area contributed by atoms with Crippen molar-refractivity contribution in [2.24, 2.45) is 5.41 Å². The topological polar surface area (TPSA) is 69.7 Å². The van der Waals surface area contributed by atoms with Crippen LogP contribution in [0.2, 0.25) is 0 Å². The molecule has 1 saturated heterocycles. The minimum absolute atomic E-state index is 0.226. The van der Waals surface area contributed by atoms with E-state index >= 15 is 0 Å². The Hall–Kier alpha value is -1.89. The van der Waals surface area contributed by atoms with Gasteiger partial charge in [0.15, 0.2) is 0 Å². The van der Waals surface area contributed by atoms with E-state index in [1.165, 1.54) is 4.90 Å². The summed E-state index contributed by atoms with van der Waals surface area (Å²) >= 11 is 1.56. The predicted molar refractivity (Wildman–Crippen MR) is 79.7 cm³/mol. The highest BCUT2D eigenvalue weighted by molar-refractivity contribution is 7.09. The molecular formula is C14H19N3O3S. The molecule has 2 heterocycles. The molecule has 6 nitrogen and oxygen atoms in total. The maximum atomic E-state index is 12.2. The molecule has 1 aromatic heterocycles. The Balaban J connectivity index is 2.00. The normalized spacial score (nSPS) is 17.6. The van der Waals surface area contributed by atoms with Gasteiger partial charge < -0.3 is 10.2 Å². The first-order valence-corrected chi connectivity index (χ1v) is 7.55. The number of amides is 4. The molecule has 4 amide bonds. The fraction of sp³-hybridized carbons (Fsp3) is 0.500. The van der Waals surface area contributed by atoms with Crippen molar-refractivity contribution in [2.45, 2.75) is 20.4 Å². The van der Waals surface area contributed by atoms with Crippen LogP contribution >= 0.6 is 11.3 Å². The summed E-state index contributed by atoms with van der Waals surface area (Å²) < 4.78 is 0. The summed E-state index contributed by atoms with van der Waals surface area (Å²) in [6.45, 7) is 4.04. The second kappa shape index (κ2) is 5.85. The lowest BCUT2D eigenvalue weighted by Gasteiger charge is -2.36. The third-order valence-electron chi connectivity index (χ3n) is 3.44. The van der Waals surface area contributed by atoms with Crippen LogP contribution in [0.3, 0.4) is 0 Å². The van der Waals surface area contributed by atoms with Crippen molar-refractivity contribution >= 4 is 29.2 Å². The minimum atomic E-state index is -0.680. The van der Waals surface area contributed by atoms with E-state index in [4.69, 9.17) is 0 Å². The SMILES string of the molecule is CN(Cc1cccs1)C(=O)CN1C(=O)NCC(C)(C)C1=O. The van der Waals surface area contributed by atoms with Crippen LogP contribution in [-0.4, -0.2) is 47.8 Å². The number of hydrogen-bond acceptors (Lipinski definition) is 4. The molecule has 114 valence electrons. The molecule has 0 aromatic carbocycles. The minimum Gasteiger partial charge on any atom is -0.339 e. The molecule has 1 aliphatic rings. The maximum Gasteiger partial charge on any atom is 0.324 e. The average Bonchev–Trinajstić information content (AvgIpc) is 2.92. The number of imide groups is 1. The van der Waals surface area contributed by atoms with E-state index < -0.39 is 11.4 Å². The summed E-state index contributed by atoms with van der Waals surface area (Å²) in [5, 5.41) is 4.58. The van der Waals surface area contributed by atoms with Gasteiger partial charge in [0.25, 0.3) is 0 Å². The predicted octanol–water partition coefficient (Wildman–Crippen LogP) is 1.28. The van der Waals surface area contributed by atoms with E-state index in [0.29, 0.717) is 13.1 Å². The summed E-state index contributed by atoms with van der Waals surface area (Å²) in [5.74, 6) is -0.575. The Kier molecular flexibility index (Phi) is 4.32. The second-order valence-electron chi connectivity index (χ2n) is 5.76. The zero-order chi connectivity index (χ0) is 15.6. The van der Waals surface area contributed by atoms with Crippen LogP contribution in [0.1, 0.15) is 18.7 Å². The number of thiophene rings is 1. The molecule has 0 aliphatic carbocycles. The Morgan fingerprint density at radius 1 is 1.48 bits per heavy atom. The smallest absolute Gasteiger partial charge is 0.324 e. The molecule has 1 aliphatic heterocycles. The van der Waals surface area contributed by atoms with E-state index in [1.807, 2.05) is 17.5 Å². The van der Waals surface area contributed by atoms with E-state index in [2.05, 4.69) is 5.32 Å². The van der Waals surface area contributed by atoms with Gasteiger partial charge in [0, 0.05) is 18.5 Å². The number of hydrogen-bond donors (Lipinski definition) is 1. The number of urea groups is 1. The largest absolute Gasteiger partial charge is 0.339 e. The fourth-order valence-corrected chi connectivity index (χ4v) is 2.81. The molecule has 1 N–H and O–H groups in total. The van der Waals surface area contributed by atoms with Crippen LogP contribution in [0, 0.1) is 5.41 Å². The van der Waals surface area contributed by atoms with Gasteiger partial charge in [-0.25, -0.2) is 4.79 Å². The molecule has 0 saturated carbocycles. The van der Waals surface area contributed by atoms with Crippen molar-refractivity contribution in [2.75, 3.05) is 20.1 Å². The summed E-state index contributed by atoms with van der Waals surface area (Å²) in [4.78, 5) is 39.8. The van der Waals surface area contributed by atoms with Gasteiger partial charge in [-0.2, -0.15) is 0 Å². The van der Waals surface area contributed by atoms with Crippen molar-refractivity contribution in [3.8, 4) is 0 Å². The van der Waals surface area contributed by atoms with Crippen LogP contribution in [0.15, 0.2) is 17.5 Å². The summed E-state index contributed by atoms with van der Waals surface area (Å²) in [6.07, 6.45) is 0. The van der Waals surface area contributed by atoms with E-state index in [0.717, 1.165) is 9.78 Å². The molecule has 21 heavy (non-hydrogen) atoms. The summed E-state index contributed by atoms with van der Waals surface area (Å²) in [7, 11) is 1.67. The Morgan fingerprint density at radius 3 is 2.81 bits per heavy atom. The van der Waals surface area contributed by atoms with Gasteiger partial charge in [-0.05, 0) is 25.3 Å². The first kappa shape index (κ1) is 15.5. The molecule has 0 spiro atoms. The molecule has 7 heteroatoms. The van der Waals surface area contributed by atoms with Crippen molar-refractivity contribution in [3.05, 3.63) is 22.4 Å². The van der Waals surface area contributed by atoms with Gasteiger partial charge in [0.05, 0.1) is 12.0 Å². The van der Waals surface area contributed by atoms with E-state index in [-0.39, 0.29) is 18.4 Å². The molecule has 0 unspecified atom stereocenters. The van der Waals surface area contributed by atoms with Gasteiger partial charge in [0.1, 0.15) is 6.54 Å². The molecular weight excluding hydrogens is 290 g/mol. The van der Waals surface area contributed by atoms with Gasteiger partial charge in [-0.1, -0.05) is 6.07 Å². The third-order valence-corrected chi connectivity index (χ3v) is 4.30. The molecule has 0 bridgehead atoms. The quantitative estimate of drug-likeness (QED) is 0.911. The van der Waals surface area contributed by atoms with Crippen molar-refractivity contribution in [3.63, 3.8) is 0 Å². The number of likely N-dealkylation sites (N-methyl/N-ethyl adjacent to an activating group) is 1. The lowest BCUT2D eigenvalue weighted by molar-refractivity contribution is -0.144. The molecule has 2 rings (SSSR count). The highest BCUT2D eigenvalue weighted by Gasteiger charge is 2.41. The van der Waals surface area contributed by atoms with Crippen LogP contribution < -0.4 is 5.32 Å². The van der Waals surface area contributed by atoms with Crippen LogP contribution in [0.5, 0.6) is 0 Å². The van der Waals surface area contributed by atoms with E-state index in [9.17, 15) is 14.4 Å². The molecule has 1 aromatic rings. The summed E-state index contributed by atoms with van der Waals surface area (Å²) in [6, 6.07) is 3.36. The zero-order valence-corrected chi connectivity index (χ0v) is 13.2. The zero-order valence-electron chi connectivity index (χ0n) is 12.4. The molecule has 1 fully saturated rings. The molecule has 0 atom stereocenters.